The van der Waals surface area contributed by atoms with Crippen molar-refractivity contribution >= 4 is 17.7 Å². The third-order valence-corrected chi connectivity index (χ3v) is 3.28. The van der Waals surface area contributed by atoms with E-state index in [1.165, 1.54) is 11.1 Å². The van der Waals surface area contributed by atoms with E-state index in [0.717, 1.165) is 5.75 Å². The van der Waals surface area contributed by atoms with Crippen molar-refractivity contribution in [3.63, 3.8) is 0 Å². The Morgan fingerprint density at radius 2 is 2.24 bits per heavy atom. The second-order valence-electron chi connectivity index (χ2n) is 3.81. The molecule has 0 aliphatic rings. The summed E-state index contributed by atoms with van der Waals surface area (Å²) in [5, 5.41) is 0. The molecule has 2 nitrogen and oxygen atoms in total. The lowest BCUT2D eigenvalue weighted by molar-refractivity contribution is -0.138. The van der Waals surface area contributed by atoms with Crippen LogP contribution in [0.15, 0.2) is 36.4 Å². The fourth-order valence-electron chi connectivity index (χ4n) is 1.39. The van der Waals surface area contributed by atoms with Gasteiger partial charge in [-0.05, 0) is 19.4 Å². The van der Waals surface area contributed by atoms with E-state index in [2.05, 4.69) is 31.7 Å². The van der Waals surface area contributed by atoms with Gasteiger partial charge in [-0.15, -0.1) is 0 Å². The molecule has 0 aliphatic carbocycles. The Morgan fingerprint density at radius 1 is 1.47 bits per heavy atom. The van der Waals surface area contributed by atoms with Crippen LogP contribution in [0.4, 0.5) is 0 Å². The van der Waals surface area contributed by atoms with E-state index in [1.807, 2.05) is 6.07 Å². The zero-order valence-corrected chi connectivity index (χ0v) is 11.2. The number of carbonyl (C=O) groups excluding carboxylic acids is 1. The first-order valence-corrected chi connectivity index (χ1v) is 6.77. The smallest absolute Gasteiger partial charge is 0.334 e. The minimum absolute atomic E-state index is 0.288. The summed E-state index contributed by atoms with van der Waals surface area (Å²) in [7, 11) is 0. The van der Waals surface area contributed by atoms with Gasteiger partial charge >= 0.3 is 5.97 Å². The van der Waals surface area contributed by atoms with Crippen LogP contribution in [0.5, 0.6) is 0 Å². The van der Waals surface area contributed by atoms with Crippen molar-refractivity contribution in [3.05, 3.63) is 47.5 Å². The van der Waals surface area contributed by atoms with Gasteiger partial charge in [0.2, 0.25) is 0 Å². The summed E-state index contributed by atoms with van der Waals surface area (Å²) in [6.45, 7) is 8.00. The van der Waals surface area contributed by atoms with E-state index in [-0.39, 0.29) is 5.97 Å². The highest BCUT2D eigenvalue weighted by atomic mass is 32.2. The first kappa shape index (κ1) is 13.8. The summed E-state index contributed by atoms with van der Waals surface area (Å²) in [4.78, 5) is 11.3. The highest BCUT2D eigenvalue weighted by Crippen LogP contribution is 2.16. The number of esters is 1. The summed E-state index contributed by atoms with van der Waals surface area (Å²) < 4.78 is 4.87. The van der Waals surface area contributed by atoms with Gasteiger partial charge in [0.25, 0.3) is 0 Å². The number of hydrogen-bond acceptors (Lipinski definition) is 3. The fourth-order valence-corrected chi connectivity index (χ4v) is 2.27. The number of carbonyl (C=O) groups is 1. The Labute approximate surface area is 107 Å². The number of hydrogen-bond donors (Lipinski definition) is 0. The normalized spacial score (nSPS) is 10.0. The Balaban J connectivity index is 2.33. The Morgan fingerprint density at radius 3 is 2.88 bits per heavy atom. The predicted molar refractivity (Wildman–Crippen MR) is 73.1 cm³/mol. The largest absolute Gasteiger partial charge is 0.463 e. The lowest BCUT2D eigenvalue weighted by atomic mass is 10.2. The molecule has 0 amide bonds. The van der Waals surface area contributed by atoms with Crippen molar-refractivity contribution < 1.29 is 9.53 Å². The maximum Gasteiger partial charge on any atom is 0.334 e. The van der Waals surface area contributed by atoms with E-state index < -0.39 is 0 Å². The quantitative estimate of drug-likeness (QED) is 0.572. The first-order chi connectivity index (χ1) is 8.13. The van der Waals surface area contributed by atoms with Crippen LogP contribution in [0, 0.1) is 6.92 Å². The summed E-state index contributed by atoms with van der Waals surface area (Å²) in [5.41, 5.74) is 3.06. The maximum absolute atomic E-state index is 11.3. The topological polar surface area (TPSA) is 26.3 Å². The minimum atomic E-state index is -0.288. The molecule has 0 spiro atoms. The molecule has 17 heavy (non-hydrogen) atoms. The lowest BCUT2D eigenvalue weighted by Crippen LogP contribution is -2.08. The van der Waals surface area contributed by atoms with Crippen molar-refractivity contribution in [2.24, 2.45) is 0 Å². The molecular weight excluding hydrogens is 232 g/mol. The van der Waals surface area contributed by atoms with E-state index in [4.69, 9.17) is 4.74 Å². The molecule has 92 valence electrons. The minimum Gasteiger partial charge on any atom is -0.463 e. The summed E-state index contributed by atoms with van der Waals surface area (Å²) in [5.74, 6) is 1.22. The second kappa shape index (κ2) is 7.17. The molecule has 1 aromatic carbocycles. The SMILES string of the molecule is C=C(CSCc1cccc(C)c1)C(=O)OCC. The average molecular weight is 250 g/mol. The van der Waals surface area contributed by atoms with Gasteiger partial charge in [-0.3, -0.25) is 0 Å². The van der Waals surface area contributed by atoms with E-state index in [1.54, 1.807) is 18.7 Å². The third kappa shape index (κ3) is 5.09. The van der Waals surface area contributed by atoms with Gasteiger partial charge < -0.3 is 4.74 Å². The van der Waals surface area contributed by atoms with Gasteiger partial charge in [0.15, 0.2) is 0 Å². The Bertz CT molecular complexity index is 399. The summed E-state index contributed by atoms with van der Waals surface area (Å²) in [6.07, 6.45) is 0. The van der Waals surface area contributed by atoms with Crippen LogP contribution < -0.4 is 0 Å². The standard InChI is InChI=1S/C14H18O2S/c1-4-16-14(15)12(3)9-17-10-13-7-5-6-11(2)8-13/h5-8H,3-4,9-10H2,1-2H3. The van der Waals surface area contributed by atoms with Crippen molar-refractivity contribution in [1.29, 1.82) is 0 Å². The van der Waals surface area contributed by atoms with Gasteiger partial charge in [-0.2, -0.15) is 11.8 Å². The molecule has 1 rings (SSSR count). The number of rotatable bonds is 6. The fraction of sp³-hybridized carbons (Fsp3) is 0.357. The molecule has 0 unspecified atom stereocenters. The first-order valence-electron chi connectivity index (χ1n) is 5.61. The highest BCUT2D eigenvalue weighted by molar-refractivity contribution is 7.98. The zero-order valence-electron chi connectivity index (χ0n) is 10.4. The average Bonchev–Trinajstić information content (AvgIpc) is 2.29. The molecule has 0 aliphatic heterocycles. The third-order valence-electron chi connectivity index (χ3n) is 2.19. The van der Waals surface area contributed by atoms with E-state index in [9.17, 15) is 4.79 Å². The van der Waals surface area contributed by atoms with Crippen molar-refractivity contribution in [3.8, 4) is 0 Å². The van der Waals surface area contributed by atoms with Crippen molar-refractivity contribution in [2.45, 2.75) is 19.6 Å². The molecule has 0 saturated carbocycles. The number of thioether (sulfide) groups is 1. The molecule has 0 bridgehead atoms. The molecule has 0 atom stereocenters. The van der Waals surface area contributed by atoms with Crippen molar-refractivity contribution in [2.75, 3.05) is 12.4 Å². The number of ether oxygens (including phenoxy) is 1. The van der Waals surface area contributed by atoms with Gasteiger partial charge in [0, 0.05) is 17.1 Å². The van der Waals surface area contributed by atoms with Crippen LogP contribution in [-0.4, -0.2) is 18.3 Å². The Hall–Kier alpha value is -1.22. The zero-order chi connectivity index (χ0) is 12.7. The molecule has 0 saturated heterocycles. The van der Waals surface area contributed by atoms with Crippen LogP contribution in [0.2, 0.25) is 0 Å². The van der Waals surface area contributed by atoms with Crippen LogP contribution >= 0.6 is 11.8 Å². The molecule has 0 heterocycles. The maximum atomic E-state index is 11.3. The van der Waals surface area contributed by atoms with Gasteiger partial charge in [-0.25, -0.2) is 4.79 Å². The van der Waals surface area contributed by atoms with Crippen LogP contribution in [0.25, 0.3) is 0 Å². The number of benzene rings is 1. The molecular formula is C14H18O2S. The van der Waals surface area contributed by atoms with Crippen LogP contribution in [-0.2, 0) is 15.3 Å². The summed E-state index contributed by atoms with van der Waals surface area (Å²) in [6, 6.07) is 8.37. The lowest BCUT2D eigenvalue weighted by Gasteiger charge is -2.05. The van der Waals surface area contributed by atoms with Gasteiger partial charge in [0.05, 0.1) is 6.61 Å². The molecule has 0 radical (unpaired) electrons. The van der Waals surface area contributed by atoms with Crippen LogP contribution in [0.1, 0.15) is 18.1 Å². The molecule has 0 aromatic heterocycles. The van der Waals surface area contributed by atoms with Crippen LogP contribution in [0.3, 0.4) is 0 Å². The monoisotopic (exact) mass is 250 g/mol. The number of aryl methyl sites for hydroxylation is 1. The molecule has 0 N–H and O–H groups in total. The van der Waals surface area contributed by atoms with E-state index in [0.29, 0.717) is 17.9 Å². The highest BCUT2D eigenvalue weighted by Gasteiger charge is 2.07. The van der Waals surface area contributed by atoms with Gasteiger partial charge in [0.1, 0.15) is 0 Å². The van der Waals surface area contributed by atoms with Gasteiger partial charge in [-0.1, -0.05) is 36.4 Å². The predicted octanol–water partition coefficient (Wildman–Crippen LogP) is 3.35. The second-order valence-corrected chi connectivity index (χ2v) is 4.79. The molecule has 1 aromatic rings. The Kier molecular flexibility index (Phi) is 5.84. The van der Waals surface area contributed by atoms with Crippen molar-refractivity contribution in [1.82, 2.24) is 0 Å². The summed E-state index contributed by atoms with van der Waals surface area (Å²) >= 11 is 1.68. The molecule has 3 heteroatoms. The van der Waals surface area contributed by atoms with E-state index >= 15 is 0 Å². The molecule has 0 fully saturated rings.